The van der Waals surface area contributed by atoms with Gasteiger partial charge < -0.3 is 14.2 Å². The predicted octanol–water partition coefficient (Wildman–Crippen LogP) is 0.952. The largest absolute Gasteiger partial charge is 0.378 e. The van der Waals surface area contributed by atoms with Crippen molar-refractivity contribution in [1.29, 1.82) is 0 Å². The van der Waals surface area contributed by atoms with Gasteiger partial charge in [-0.1, -0.05) is 23.4 Å². The average molecular weight is 353 g/mol. The molecule has 2 aromatic heterocycles. The quantitative estimate of drug-likeness (QED) is 0.638. The Labute approximate surface area is 149 Å². The summed E-state index contributed by atoms with van der Waals surface area (Å²) in [6.07, 6.45) is 4.44. The summed E-state index contributed by atoms with van der Waals surface area (Å²) >= 11 is 0. The smallest absolute Gasteiger partial charge is 0.244 e. The van der Waals surface area contributed by atoms with Crippen molar-refractivity contribution in [3.05, 3.63) is 47.9 Å². The van der Waals surface area contributed by atoms with Crippen LogP contribution in [0.4, 0.5) is 0 Å². The van der Waals surface area contributed by atoms with Crippen LogP contribution in [0, 0.1) is 0 Å². The van der Waals surface area contributed by atoms with Gasteiger partial charge in [-0.25, -0.2) is 4.68 Å². The van der Waals surface area contributed by atoms with Crippen LogP contribution in [0.2, 0.25) is 0 Å². The topological polar surface area (TPSA) is 82.2 Å². The lowest BCUT2D eigenvalue weighted by molar-refractivity contribution is -0.136. The van der Waals surface area contributed by atoms with Gasteiger partial charge in [0.25, 0.3) is 0 Å². The Morgan fingerprint density at radius 3 is 2.81 bits per heavy atom. The molecule has 26 heavy (non-hydrogen) atoms. The second kappa shape index (κ2) is 7.09. The zero-order chi connectivity index (χ0) is 17.9. The third-order valence-corrected chi connectivity index (χ3v) is 4.53. The molecule has 0 radical (unpaired) electrons. The number of amides is 1. The maximum atomic E-state index is 12.3. The fourth-order valence-electron chi connectivity index (χ4n) is 3.21. The van der Waals surface area contributed by atoms with E-state index in [4.69, 9.17) is 4.74 Å². The Morgan fingerprint density at radius 1 is 1.19 bits per heavy atom. The third-order valence-electron chi connectivity index (χ3n) is 4.53. The Balaban J connectivity index is 1.49. The number of fused-ring (bicyclic) bond motifs is 1. The van der Waals surface area contributed by atoms with E-state index in [1.807, 2.05) is 35.0 Å². The first-order chi connectivity index (χ1) is 12.7. The molecule has 134 valence electrons. The van der Waals surface area contributed by atoms with Crippen LogP contribution in [-0.2, 0) is 22.6 Å². The molecule has 0 unspecified atom stereocenters. The number of ether oxygens (including phenoxy) is 1. The summed E-state index contributed by atoms with van der Waals surface area (Å²) in [5, 5.41) is 9.13. The number of para-hydroxylation sites is 1. The van der Waals surface area contributed by atoms with E-state index >= 15 is 0 Å². The molecule has 4 rings (SSSR count). The number of benzene rings is 1. The van der Waals surface area contributed by atoms with E-state index in [0.717, 1.165) is 22.9 Å². The summed E-state index contributed by atoms with van der Waals surface area (Å²) < 4.78 is 8.79. The molecule has 1 amide bonds. The first-order valence-electron chi connectivity index (χ1n) is 8.52. The number of rotatable bonds is 5. The minimum atomic E-state index is 0.0133. The fourth-order valence-corrected chi connectivity index (χ4v) is 3.21. The first-order valence-corrected chi connectivity index (χ1v) is 8.52. The second-order valence-electron chi connectivity index (χ2n) is 6.25. The van der Waals surface area contributed by atoms with Crippen molar-refractivity contribution < 1.29 is 14.3 Å². The van der Waals surface area contributed by atoms with Gasteiger partial charge >= 0.3 is 0 Å². The highest BCUT2D eigenvalue weighted by atomic mass is 16.5. The van der Waals surface area contributed by atoms with E-state index in [-0.39, 0.29) is 12.5 Å². The number of hydrogen-bond acceptors (Lipinski definition) is 5. The Morgan fingerprint density at radius 2 is 2.00 bits per heavy atom. The van der Waals surface area contributed by atoms with Crippen LogP contribution in [0.5, 0.6) is 0 Å². The molecule has 1 aliphatic rings. The van der Waals surface area contributed by atoms with Crippen molar-refractivity contribution in [1.82, 2.24) is 24.5 Å². The van der Waals surface area contributed by atoms with Gasteiger partial charge in [-0.3, -0.25) is 9.59 Å². The van der Waals surface area contributed by atoms with E-state index in [2.05, 4.69) is 10.3 Å². The molecular weight excluding hydrogens is 334 g/mol. The summed E-state index contributed by atoms with van der Waals surface area (Å²) in [6.45, 7) is 3.04. The van der Waals surface area contributed by atoms with Crippen LogP contribution in [-0.4, -0.2) is 63.0 Å². The average Bonchev–Trinajstić information content (AvgIpc) is 3.27. The monoisotopic (exact) mass is 353 g/mol. The number of carbonyl (C=O) groups excluding carboxylic acids is 2. The molecule has 8 heteroatoms. The molecule has 0 spiro atoms. The highest BCUT2D eigenvalue weighted by molar-refractivity contribution is 5.97. The third kappa shape index (κ3) is 3.23. The van der Waals surface area contributed by atoms with Gasteiger partial charge in [-0.15, -0.1) is 5.10 Å². The molecule has 1 saturated heterocycles. The molecule has 3 heterocycles. The number of aromatic nitrogens is 4. The minimum Gasteiger partial charge on any atom is -0.378 e. The SMILES string of the molecule is O=Cc1cn(Cc2cn(CC(=O)N3CCOCC3)nn2)c2ccccc12. The zero-order valence-corrected chi connectivity index (χ0v) is 14.2. The molecule has 1 fully saturated rings. The predicted molar refractivity (Wildman–Crippen MR) is 93.8 cm³/mol. The fraction of sp³-hybridized carbons (Fsp3) is 0.333. The van der Waals surface area contributed by atoms with E-state index in [9.17, 15) is 9.59 Å². The molecule has 8 nitrogen and oxygen atoms in total. The van der Waals surface area contributed by atoms with Crippen LogP contribution in [0.15, 0.2) is 36.7 Å². The lowest BCUT2D eigenvalue weighted by Gasteiger charge is -2.26. The lowest BCUT2D eigenvalue weighted by Crippen LogP contribution is -2.42. The number of morpholine rings is 1. The molecule has 0 N–H and O–H groups in total. The van der Waals surface area contributed by atoms with Crippen LogP contribution in [0.1, 0.15) is 16.1 Å². The van der Waals surface area contributed by atoms with E-state index in [1.54, 1.807) is 15.8 Å². The van der Waals surface area contributed by atoms with Gasteiger partial charge in [0.05, 0.1) is 26.0 Å². The summed E-state index contributed by atoms with van der Waals surface area (Å²) in [7, 11) is 0. The van der Waals surface area contributed by atoms with Crippen LogP contribution in [0.25, 0.3) is 10.9 Å². The van der Waals surface area contributed by atoms with E-state index in [0.29, 0.717) is 38.4 Å². The molecular formula is C18H19N5O3. The Kier molecular flexibility index (Phi) is 4.49. The van der Waals surface area contributed by atoms with Crippen LogP contribution >= 0.6 is 0 Å². The number of aldehydes is 1. The number of carbonyl (C=O) groups is 2. The molecule has 3 aromatic rings. The molecule has 0 atom stereocenters. The highest BCUT2D eigenvalue weighted by Gasteiger charge is 2.18. The summed E-state index contributed by atoms with van der Waals surface area (Å²) in [5.74, 6) is 0.0133. The summed E-state index contributed by atoms with van der Waals surface area (Å²) in [6, 6.07) is 7.74. The Hall–Kier alpha value is -3.00. The zero-order valence-electron chi connectivity index (χ0n) is 14.2. The molecule has 0 aliphatic carbocycles. The summed E-state index contributed by atoms with van der Waals surface area (Å²) in [4.78, 5) is 25.3. The number of hydrogen-bond donors (Lipinski definition) is 0. The van der Waals surface area contributed by atoms with E-state index in [1.165, 1.54) is 0 Å². The standard InChI is InChI=1S/C18H19N5O3/c24-13-14-9-22(17-4-2-1-3-16(14)17)10-15-11-23(20-19-15)12-18(25)21-5-7-26-8-6-21/h1-4,9,11,13H,5-8,10,12H2. The van der Waals surface area contributed by atoms with Gasteiger partial charge in [-0.05, 0) is 6.07 Å². The molecule has 1 aromatic carbocycles. The second-order valence-corrected chi connectivity index (χ2v) is 6.25. The van der Waals surface area contributed by atoms with Gasteiger partial charge in [0, 0.05) is 35.8 Å². The number of nitrogens with zero attached hydrogens (tertiary/aromatic N) is 5. The first kappa shape index (κ1) is 16.5. The minimum absolute atomic E-state index is 0.0133. The highest BCUT2D eigenvalue weighted by Crippen LogP contribution is 2.20. The van der Waals surface area contributed by atoms with Crippen LogP contribution < -0.4 is 0 Å². The van der Waals surface area contributed by atoms with Crippen molar-refractivity contribution in [3.63, 3.8) is 0 Å². The van der Waals surface area contributed by atoms with E-state index < -0.39 is 0 Å². The molecule has 0 saturated carbocycles. The molecule has 0 bridgehead atoms. The van der Waals surface area contributed by atoms with Crippen LogP contribution in [0.3, 0.4) is 0 Å². The Bertz CT molecular complexity index is 939. The van der Waals surface area contributed by atoms with Crippen molar-refractivity contribution in [3.8, 4) is 0 Å². The van der Waals surface area contributed by atoms with Gasteiger partial charge in [0.15, 0.2) is 6.29 Å². The van der Waals surface area contributed by atoms with Crippen molar-refractivity contribution in [2.75, 3.05) is 26.3 Å². The van der Waals surface area contributed by atoms with Gasteiger partial charge in [0.2, 0.25) is 5.91 Å². The van der Waals surface area contributed by atoms with Gasteiger partial charge in [0.1, 0.15) is 12.2 Å². The van der Waals surface area contributed by atoms with Gasteiger partial charge in [-0.2, -0.15) is 0 Å². The summed E-state index contributed by atoms with van der Waals surface area (Å²) in [5.41, 5.74) is 2.35. The van der Waals surface area contributed by atoms with Crippen molar-refractivity contribution in [2.24, 2.45) is 0 Å². The maximum Gasteiger partial charge on any atom is 0.244 e. The molecule has 1 aliphatic heterocycles. The lowest BCUT2D eigenvalue weighted by atomic mass is 10.2. The van der Waals surface area contributed by atoms with Crippen molar-refractivity contribution in [2.45, 2.75) is 13.1 Å². The normalized spacial score (nSPS) is 14.7. The van der Waals surface area contributed by atoms with Crippen molar-refractivity contribution >= 4 is 23.1 Å². The maximum absolute atomic E-state index is 12.3.